The van der Waals surface area contributed by atoms with Crippen molar-refractivity contribution in [3.05, 3.63) is 0 Å². The lowest BCUT2D eigenvalue weighted by molar-refractivity contribution is -0.128. The van der Waals surface area contributed by atoms with Gasteiger partial charge in [-0.1, -0.05) is 52.9 Å². The number of carbonyl (C=O) groups is 1. The summed E-state index contributed by atoms with van der Waals surface area (Å²) < 4.78 is 6.08. The standard InChI is InChI=1S/C15H31NO2/c1-4-7-10-15(11-8-5-2,13-14(16)17)18-12-9-6-3/h4-13H2,1-3H3,(H2,16,17). The largest absolute Gasteiger partial charge is 0.374 e. The first kappa shape index (κ1) is 17.4. The molecule has 0 rings (SSSR count). The lowest BCUT2D eigenvalue weighted by Crippen LogP contribution is -2.38. The van der Waals surface area contributed by atoms with E-state index in [0.29, 0.717) is 6.42 Å². The number of amides is 1. The molecule has 0 spiro atoms. The molecule has 0 bridgehead atoms. The molecule has 0 radical (unpaired) electrons. The highest BCUT2D eigenvalue weighted by atomic mass is 16.5. The molecule has 0 aliphatic heterocycles. The van der Waals surface area contributed by atoms with Crippen LogP contribution in [0, 0.1) is 0 Å². The molecular formula is C15H31NO2. The minimum absolute atomic E-state index is 0.237. The normalized spacial score (nSPS) is 11.7. The van der Waals surface area contributed by atoms with Crippen LogP contribution in [0.3, 0.4) is 0 Å². The maximum Gasteiger partial charge on any atom is 0.220 e. The zero-order valence-corrected chi connectivity index (χ0v) is 12.5. The van der Waals surface area contributed by atoms with Crippen molar-refractivity contribution < 1.29 is 9.53 Å². The molecule has 2 N–H and O–H groups in total. The third-order valence-corrected chi connectivity index (χ3v) is 3.37. The van der Waals surface area contributed by atoms with E-state index < -0.39 is 0 Å². The second-order valence-corrected chi connectivity index (χ2v) is 5.24. The van der Waals surface area contributed by atoms with Crippen molar-refractivity contribution in [3.8, 4) is 0 Å². The second kappa shape index (κ2) is 10.4. The number of ether oxygens (including phenoxy) is 1. The Morgan fingerprint density at radius 3 is 1.89 bits per heavy atom. The zero-order valence-electron chi connectivity index (χ0n) is 12.5. The van der Waals surface area contributed by atoms with Crippen LogP contribution in [0.5, 0.6) is 0 Å². The average molecular weight is 257 g/mol. The Morgan fingerprint density at radius 2 is 1.50 bits per heavy atom. The van der Waals surface area contributed by atoms with Crippen molar-refractivity contribution in [2.45, 2.75) is 84.2 Å². The number of primary amides is 1. The van der Waals surface area contributed by atoms with E-state index in [4.69, 9.17) is 10.5 Å². The van der Waals surface area contributed by atoms with Gasteiger partial charge in [0.2, 0.25) is 5.91 Å². The van der Waals surface area contributed by atoms with Crippen molar-refractivity contribution >= 4 is 5.91 Å². The molecular weight excluding hydrogens is 226 g/mol. The summed E-state index contributed by atoms with van der Waals surface area (Å²) in [4.78, 5) is 11.3. The van der Waals surface area contributed by atoms with Gasteiger partial charge in [-0.15, -0.1) is 0 Å². The Balaban J connectivity index is 4.56. The summed E-state index contributed by atoms with van der Waals surface area (Å²) in [5.41, 5.74) is 5.11. The topological polar surface area (TPSA) is 52.3 Å². The predicted octanol–water partition coefficient (Wildman–Crippen LogP) is 3.80. The monoisotopic (exact) mass is 257 g/mol. The van der Waals surface area contributed by atoms with E-state index in [0.717, 1.165) is 58.0 Å². The van der Waals surface area contributed by atoms with E-state index >= 15 is 0 Å². The molecule has 0 unspecified atom stereocenters. The van der Waals surface area contributed by atoms with Crippen molar-refractivity contribution in [3.63, 3.8) is 0 Å². The molecule has 0 saturated heterocycles. The van der Waals surface area contributed by atoms with Crippen molar-refractivity contribution in [2.75, 3.05) is 6.61 Å². The Bertz CT molecular complexity index is 209. The van der Waals surface area contributed by atoms with Crippen LogP contribution in [-0.2, 0) is 9.53 Å². The summed E-state index contributed by atoms with van der Waals surface area (Å²) in [6.07, 6.45) is 8.91. The van der Waals surface area contributed by atoms with Gasteiger partial charge in [0.1, 0.15) is 0 Å². The molecule has 3 nitrogen and oxygen atoms in total. The van der Waals surface area contributed by atoms with Gasteiger partial charge in [0.25, 0.3) is 0 Å². The van der Waals surface area contributed by atoms with E-state index in [9.17, 15) is 4.79 Å². The maximum atomic E-state index is 11.3. The van der Waals surface area contributed by atoms with Crippen LogP contribution in [0.1, 0.15) is 78.6 Å². The van der Waals surface area contributed by atoms with Gasteiger partial charge in [0.05, 0.1) is 12.0 Å². The van der Waals surface area contributed by atoms with E-state index in [-0.39, 0.29) is 11.5 Å². The number of unbranched alkanes of at least 4 members (excludes halogenated alkanes) is 3. The predicted molar refractivity (Wildman–Crippen MR) is 76.5 cm³/mol. The molecule has 0 atom stereocenters. The summed E-state index contributed by atoms with van der Waals surface area (Å²) in [5.74, 6) is -0.237. The molecule has 18 heavy (non-hydrogen) atoms. The molecule has 0 aliphatic rings. The molecule has 1 amide bonds. The summed E-state index contributed by atoms with van der Waals surface area (Å²) in [6.45, 7) is 7.23. The third-order valence-electron chi connectivity index (χ3n) is 3.37. The fourth-order valence-corrected chi connectivity index (χ4v) is 2.25. The van der Waals surface area contributed by atoms with E-state index in [1.807, 2.05) is 0 Å². The minimum atomic E-state index is -0.299. The number of hydrogen-bond donors (Lipinski definition) is 1. The van der Waals surface area contributed by atoms with Gasteiger partial charge < -0.3 is 10.5 Å². The van der Waals surface area contributed by atoms with E-state index in [2.05, 4.69) is 20.8 Å². The maximum absolute atomic E-state index is 11.3. The van der Waals surface area contributed by atoms with Gasteiger partial charge in [-0.2, -0.15) is 0 Å². The fraction of sp³-hybridized carbons (Fsp3) is 0.933. The first-order valence-corrected chi connectivity index (χ1v) is 7.52. The number of rotatable bonds is 12. The van der Waals surface area contributed by atoms with Crippen LogP contribution in [-0.4, -0.2) is 18.1 Å². The van der Waals surface area contributed by atoms with Crippen molar-refractivity contribution in [2.24, 2.45) is 5.73 Å². The quantitative estimate of drug-likeness (QED) is 0.541. The molecule has 0 aliphatic carbocycles. The molecule has 0 aromatic rings. The lowest BCUT2D eigenvalue weighted by atomic mass is 9.87. The number of hydrogen-bond acceptors (Lipinski definition) is 2. The van der Waals surface area contributed by atoms with Gasteiger partial charge in [0.15, 0.2) is 0 Å². The molecule has 3 heteroatoms. The molecule has 0 heterocycles. The van der Waals surface area contributed by atoms with Crippen molar-refractivity contribution in [1.82, 2.24) is 0 Å². The Labute approximate surface area is 112 Å². The Morgan fingerprint density at radius 1 is 1.00 bits per heavy atom. The SMILES string of the molecule is CCCCOC(CCCC)(CCCC)CC(N)=O. The fourth-order valence-electron chi connectivity index (χ4n) is 2.25. The highest BCUT2D eigenvalue weighted by Crippen LogP contribution is 2.30. The second-order valence-electron chi connectivity index (χ2n) is 5.24. The molecule has 0 fully saturated rings. The average Bonchev–Trinajstić information content (AvgIpc) is 2.33. The van der Waals surface area contributed by atoms with Crippen LogP contribution in [0.4, 0.5) is 0 Å². The Kier molecular flexibility index (Phi) is 10.0. The number of nitrogens with two attached hydrogens (primary N) is 1. The van der Waals surface area contributed by atoms with Gasteiger partial charge in [-0.05, 0) is 19.3 Å². The van der Waals surface area contributed by atoms with Gasteiger partial charge in [-0.3, -0.25) is 4.79 Å². The molecule has 0 saturated carbocycles. The van der Waals surface area contributed by atoms with E-state index in [1.54, 1.807) is 0 Å². The van der Waals surface area contributed by atoms with Gasteiger partial charge in [0, 0.05) is 6.61 Å². The molecule has 108 valence electrons. The highest BCUT2D eigenvalue weighted by molar-refractivity contribution is 5.74. The van der Waals surface area contributed by atoms with Gasteiger partial charge >= 0.3 is 0 Å². The summed E-state index contributed by atoms with van der Waals surface area (Å²) in [6, 6.07) is 0. The number of carbonyl (C=O) groups excluding carboxylic acids is 1. The summed E-state index contributed by atoms with van der Waals surface area (Å²) in [7, 11) is 0. The van der Waals surface area contributed by atoms with Crippen LogP contribution in [0.15, 0.2) is 0 Å². The highest BCUT2D eigenvalue weighted by Gasteiger charge is 2.31. The Hall–Kier alpha value is -0.570. The molecule has 0 aromatic carbocycles. The first-order chi connectivity index (χ1) is 8.60. The third kappa shape index (κ3) is 7.70. The summed E-state index contributed by atoms with van der Waals surface area (Å²) >= 11 is 0. The first-order valence-electron chi connectivity index (χ1n) is 7.52. The van der Waals surface area contributed by atoms with Crippen LogP contribution in [0.25, 0.3) is 0 Å². The van der Waals surface area contributed by atoms with Crippen LogP contribution >= 0.6 is 0 Å². The zero-order chi connectivity index (χ0) is 13.9. The smallest absolute Gasteiger partial charge is 0.220 e. The summed E-state index contributed by atoms with van der Waals surface area (Å²) in [5, 5.41) is 0. The van der Waals surface area contributed by atoms with Crippen LogP contribution in [0.2, 0.25) is 0 Å². The lowest BCUT2D eigenvalue weighted by Gasteiger charge is -2.33. The van der Waals surface area contributed by atoms with Gasteiger partial charge in [-0.25, -0.2) is 0 Å². The minimum Gasteiger partial charge on any atom is -0.374 e. The van der Waals surface area contributed by atoms with Crippen molar-refractivity contribution in [1.29, 1.82) is 0 Å². The molecule has 0 aromatic heterocycles. The van der Waals surface area contributed by atoms with Crippen LogP contribution < -0.4 is 5.73 Å². The van der Waals surface area contributed by atoms with E-state index in [1.165, 1.54) is 0 Å².